The zero-order chi connectivity index (χ0) is 15.9. The van der Waals surface area contributed by atoms with E-state index in [1.807, 2.05) is 11.8 Å². The van der Waals surface area contributed by atoms with Crippen molar-refractivity contribution in [3.63, 3.8) is 0 Å². The van der Waals surface area contributed by atoms with Crippen molar-refractivity contribution in [3.8, 4) is 0 Å². The molecule has 1 fully saturated rings. The standard InChI is InChI=1S/C17H26N2O3/c1-3-8-18-16(20)11-14-7-9-19(12-13(14)4-2)17(21)15-6-5-10-22-15/h5-6,10,13-14H,3-4,7-9,11-12H2,1-2H3,(H,18,20)/t13-,14-/m0/s1. The highest BCUT2D eigenvalue weighted by atomic mass is 16.3. The molecule has 0 aliphatic carbocycles. The maximum Gasteiger partial charge on any atom is 0.289 e. The summed E-state index contributed by atoms with van der Waals surface area (Å²) in [5, 5.41) is 2.95. The number of carbonyl (C=O) groups excluding carboxylic acids is 2. The fraction of sp³-hybridized carbons (Fsp3) is 0.647. The Morgan fingerprint density at radius 2 is 2.18 bits per heavy atom. The van der Waals surface area contributed by atoms with Crippen LogP contribution in [-0.4, -0.2) is 36.3 Å². The Bertz CT molecular complexity index is 484. The summed E-state index contributed by atoms with van der Waals surface area (Å²) in [5.41, 5.74) is 0. The molecule has 1 aliphatic rings. The molecule has 2 amide bonds. The summed E-state index contributed by atoms with van der Waals surface area (Å²) in [6, 6.07) is 3.43. The maximum absolute atomic E-state index is 12.3. The summed E-state index contributed by atoms with van der Waals surface area (Å²) in [6.45, 7) is 6.32. The fourth-order valence-electron chi connectivity index (χ4n) is 3.13. The first kappa shape index (κ1) is 16.6. The van der Waals surface area contributed by atoms with E-state index < -0.39 is 0 Å². The van der Waals surface area contributed by atoms with Gasteiger partial charge < -0.3 is 14.6 Å². The van der Waals surface area contributed by atoms with Crippen molar-refractivity contribution >= 4 is 11.8 Å². The Balaban J connectivity index is 1.90. The molecule has 1 saturated heterocycles. The molecular weight excluding hydrogens is 280 g/mol. The van der Waals surface area contributed by atoms with E-state index >= 15 is 0 Å². The Labute approximate surface area is 132 Å². The van der Waals surface area contributed by atoms with Crippen LogP contribution in [0.2, 0.25) is 0 Å². The monoisotopic (exact) mass is 306 g/mol. The van der Waals surface area contributed by atoms with Gasteiger partial charge in [-0.1, -0.05) is 20.3 Å². The lowest BCUT2D eigenvalue weighted by atomic mass is 9.81. The molecule has 5 nitrogen and oxygen atoms in total. The molecule has 122 valence electrons. The first-order valence-corrected chi connectivity index (χ1v) is 8.25. The summed E-state index contributed by atoms with van der Waals surface area (Å²) < 4.78 is 5.20. The summed E-state index contributed by atoms with van der Waals surface area (Å²) >= 11 is 0. The highest BCUT2D eigenvalue weighted by molar-refractivity contribution is 5.91. The number of carbonyl (C=O) groups is 2. The van der Waals surface area contributed by atoms with Gasteiger partial charge in [0.05, 0.1) is 6.26 Å². The molecule has 0 unspecified atom stereocenters. The molecule has 2 heterocycles. The van der Waals surface area contributed by atoms with Gasteiger partial charge in [-0.05, 0) is 36.8 Å². The van der Waals surface area contributed by atoms with Crippen molar-refractivity contribution in [2.24, 2.45) is 11.8 Å². The second-order valence-electron chi connectivity index (χ2n) is 6.00. The molecule has 0 aromatic carbocycles. The molecule has 0 saturated carbocycles. The van der Waals surface area contributed by atoms with E-state index in [-0.39, 0.29) is 11.8 Å². The van der Waals surface area contributed by atoms with Crippen LogP contribution in [0, 0.1) is 11.8 Å². The maximum atomic E-state index is 12.3. The summed E-state index contributed by atoms with van der Waals surface area (Å²) in [7, 11) is 0. The van der Waals surface area contributed by atoms with Crippen LogP contribution in [0.1, 0.15) is 50.1 Å². The molecule has 5 heteroatoms. The number of hydrogen-bond donors (Lipinski definition) is 1. The predicted molar refractivity (Wildman–Crippen MR) is 84.4 cm³/mol. The molecule has 0 bridgehead atoms. The van der Waals surface area contributed by atoms with Crippen molar-refractivity contribution in [1.82, 2.24) is 10.2 Å². The number of furan rings is 1. The Hall–Kier alpha value is -1.78. The molecule has 2 atom stereocenters. The first-order valence-electron chi connectivity index (χ1n) is 8.25. The Morgan fingerprint density at radius 3 is 2.82 bits per heavy atom. The number of nitrogens with zero attached hydrogens (tertiary/aromatic N) is 1. The Morgan fingerprint density at radius 1 is 1.36 bits per heavy atom. The van der Waals surface area contributed by atoms with Crippen molar-refractivity contribution in [3.05, 3.63) is 24.2 Å². The third-order valence-electron chi connectivity index (χ3n) is 4.45. The zero-order valence-electron chi connectivity index (χ0n) is 13.5. The number of amides is 2. The van der Waals surface area contributed by atoms with Gasteiger partial charge in [0, 0.05) is 26.1 Å². The van der Waals surface area contributed by atoms with Crippen LogP contribution >= 0.6 is 0 Å². The van der Waals surface area contributed by atoms with Gasteiger partial charge in [0.25, 0.3) is 5.91 Å². The molecule has 1 N–H and O–H groups in total. The average Bonchev–Trinajstić information content (AvgIpc) is 3.07. The van der Waals surface area contributed by atoms with Gasteiger partial charge in [0.1, 0.15) is 0 Å². The number of nitrogens with one attached hydrogen (secondary N) is 1. The number of likely N-dealkylation sites (tertiary alicyclic amines) is 1. The van der Waals surface area contributed by atoms with Crippen LogP contribution in [-0.2, 0) is 4.79 Å². The van der Waals surface area contributed by atoms with Crippen molar-refractivity contribution in [2.45, 2.75) is 39.5 Å². The third kappa shape index (κ3) is 4.12. The van der Waals surface area contributed by atoms with Crippen LogP contribution < -0.4 is 5.32 Å². The minimum atomic E-state index is -0.0441. The third-order valence-corrected chi connectivity index (χ3v) is 4.45. The largest absolute Gasteiger partial charge is 0.459 e. The van der Waals surface area contributed by atoms with Gasteiger partial charge in [0.2, 0.25) is 5.91 Å². The van der Waals surface area contributed by atoms with Crippen LogP contribution in [0.15, 0.2) is 22.8 Å². The van der Waals surface area contributed by atoms with Gasteiger partial charge in [-0.25, -0.2) is 0 Å². The van der Waals surface area contributed by atoms with Gasteiger partial charge in [-0.15, -0.1) is 0 Å². The SMILES string of the molecule is CCCNC(=O)C[C@@H]1CCN(C(=O)c2ccco2)C[C@@H]1CC. The summed E-state index contributed by atoms with van der Waals surface area (Å²) in [5.74, 6) is 1.23. The molecule has 2 rings (SSSR count). The molecule has 1 aromatic heterocycles. The summed E-state index contributed by atoms with van der Waals surface area (Å²) in [6.07, 6.45) is 4.91. The smallest absolute Gasteiger partial charge is 0.289 e. The van der Waals surface area contributed by atoms with Crippen LogP contribution in [0.3, 0.4) is 0 Å². The average molecular weight is 306 g/mol. The minimum Gasteiger partial charge on any atom is -0.459 e. The van der Waals surface area contributed by atoms with E-state index in [2.05, 4.69) is 12.2 Å². The van der Waals surface area contributed by atoms with E-state index in [0.717, 1.165) is 25.8 Å². The normalized spacial score (nSPS) is 21.6. The van der Waals surface area contributed by atoms with Crippen LogP contribution in [0.25, 0.3) is 0 Å². The van der Waals surface area contributed by atoms with E-state index in [1.54, 1.807) is 12.1 Å². The van der Waals surface area contributed by atoms with Gasteiger partial charge >= 0.3 is 0 Å². The first-order chi connectivity index (χ1) is 10.7. The number of piperidine rings is 1. The molecule has 0 radical (unpaired) electrons. The minimum absolute atomic E-state index is 0.0441. The Kier molecular flexibility index (Phi) is 6.04. The van der Waals surface area contributed by atoms with Crippen molar-refractivity contribution < 1.29 is 14.0 Å². The topological polar surface area (TPSA) is 62.6 Å². The molecule has 0 spiro atoms. The van der Waals surface area contributed by atoms with Gasteiger partial charge in [-0.3, -0.25) is 9.59 Å². The molecule has 1 aromatic rings. The van der Waals surface area contributed by atoms with E-state index in [0.29, 0.717) is 37.1 Å². The molecular formula is C17H26N2O3. The van der Waals surface area contributed by atoms with E-state index in [9.17, 15) is 9.59 Å². The second kappa shape index (κ2) is 8.01. The number of rotatable bonds is 6. The van der Waals surface area contributed by atoms with Crippen LogP contribution in [0.5, 0.6) is 0 Å². The van der Waals surface area contributed by atoms with E-state index in [1.165, 1.54) is 6.26 Å². The highest BCUT2D eigenvalue weighted by Crippen LogP contribution is 2.29. The van der Waals surface area contributed by atoms with Crippen LogP contribution in [0.4, 0.5) is 0 Å². The predicted octanol–water partition coefficient (Wildman–Crippen LogP) is 2.68. The second-order valence-corrected chi connectivity index (χ2v) is 6.00. The number of hydrogen-bond acceptors (Lipinski definition) is 3. The quantitative estimate of drug-likeness (QED) is 0.879. The zero-order valence-corrected chi connectivity index (χ0v) is 13.5. The van der Waals surface area contributed by atoms with Crippen molar-refractivity contribution in [1.29, 1.82) is 0 Å². The molecule has 1 aliphatic heterocycles. The fourth-order valence-corrected chi connectivity index (χ4v) is 3.13. The van der Waals surface area contributed by atoms with Crippen molar-refractivity contribution in [2.75, 3.05) is 19.6 Å². The van der Waals surface area contributed by atoms with Gasteiger partial charge in [-0.2, -0.15) is 0 Å². The highest BCUT2D eigenvalue weighted by Gasteiger charge is 2.32. The lowest BCUT2D eigenvalue weighted by molar-refractivity contribution is -0.122. The lowest BCUT2D eigenvalue weighted by Gasteiger charge is -2.37. The molecule has 22 heavy (non-hydrogen) atoms. The summed E-state index contributed by atoms with van der Waals surface area (Å²) in [4.78, 5) is 26.1. The van der Waals surface area contributed by atoms with E-state index in [4.69, 9.17) is 4.42 Å². The lowest BCUT2D eigenvalue weighted by Crippen LogP contribution is -2.44. The van der Waals surface area contributed by atoms with Gasteiger partial charge in [0.15, 0.2) is 5.76 Å².